The molecule has 4 aliphatic carbocycles. The first-order valence-corrected chi connectivity index (χ1v) is 12.3. The van der Waals surface area contributed by atoms with Crippen molar-refractivity contribution in [1.82, 2.24) is 0 Å². The summed E-state index contributed by atoms with van der Waals surface area (Å²) < 4.78 is 0. The van der Waals surface area contributed by atoms with E-state index >= 15 is 0 Å². The van der Waals surface area contributed by atoms with Crippen LogP contribution in [0.3, 0.4) is 0 Å². The molecule has 0 heterocycles. The topological polar surface area (TPSA) is 12.4 Å². The van der Waals surface area contributed by atoms with E-state index in [0.29, 0.717) is 5.41 Å². The van der Waals surface area contributed by atoms with Crippen molar-refractivity contribution in [3.05, 3.63) is 90.0 Å². The molecular formula is C31H29N. The van der Waals surface area contributed by atoms with E-state index in [0.717, 1.165) is 23.4 Å². The summed E-state index contributed by atoms with van der Waals surface area (Å²) in [4.78, 5) is 4.94. The summed E-state index contributed by atoms with van der Waals surface area (Å²) in [6.45, 7) is 0. The van der Waals surface area contributed by atoms with Crippen LogP contribution in [-0.4, -0.2) is 6.21 Å². The monoisotopic (exact) mass is 415 g/mol. The average Bonchev–Trinajstić information content (AvgIpc) is 2.81. The Kier molecular flexibility index (Phi) is 4.09. The van der Waals surface area contributed by atoms with Crippen molar-refractivity contribution in [1.29, 1.82) is 0 Å². The van der Waals surface area contributed by atoms with Gasteiger partial charge in [0.1, 0.15) is 0 Å². The highest BCUT2D eigenvalue weighted by Gasteiger charge is 2.51. The normalized spacial score (nSPS) is 28.8. The predicted octanol–water partition coefficient (Wildman–Crippen LogP) is 8.21. The van der Waals surface area contributed by atoms with Crippen molar-refractivity contribution in [2.45, 2.75) is 43.9 Å². The third kappa shape index (κ3) is 2.94. The highest BCUT2D eigenvalue weighted by molar-refractivity contribution is 6.13. The molecule has 4 aromatic rings. The Morgan fingerprint density at radius 2 is 1.19 bits per heavy atom. The highest BCUT2D eigenvalue weighted by Crippen LogP contribution is 2.60. The van der Waals surface area contributed by atoms with Gasteiger partial charge in [0.25, 0.3) is 0 Å². The van der Waals surface area contributed by atoms with Crippen LogP contribution in [0.25, 0.3) is 21.5 Å². The van der Waals surface area contributed by atoms with Crippen LogP contribution in [0.15, 0.2) is 83.9 Å². The quantitative estimate of drug-likeness (QED) is 0.236. The number of nitrogens with zero attached hydrogens (tertiary/aromatic N) is 1. The smallest absolute Gasteiger partial charge is 0.0630 e. The highest BCUT2D eigenvalue weighted by atomic mass is 14.7. The average molecular weight is 416 g/mol. The maximum atomic E-state index is 4.94. The minimum atomic E-state index is 0.461. The number of benzene rings is 4. The first-order valence-electron chi connectivity index (χ1n) is 12.3. The summed E-state index contributed by atoms with van der Waals surface area (Å²) in [7, 11) is 0. The number of rotatable bonds is 3. The first-order chi connectivity index (χ1) is 15.8. The van der Waals surface area contributed by atoms with Gasteiger partial charge in [0.05, 0.1) is 5.69 Å². The van der Waals surface area contributed by atoms with Crippen LogP contribution in [0, 0.1) is 17.8 Å². The van der Waals surface area contributed by atoms with Crippen LogP contribution in [-0.2, 0) is 5.41 Å². The zero-order chi connectivity index (χ0) is 21.1. The number of aliphatic imine (C=N–C) groups is 1. The van der Waals surface area contributed by atoms with Crippen LogP contribution in [0.1, 0.15) is 49.7 Å². The SMILES string of the molecule is C(=Nc1ccc(C23CC4CC(CC(C4)C2)C3)cc1)c1c2ccccc2cc2ccccc12. The van der Waals surface area contributed by atoms with Gasteiger partial charge in [0, 0.05) is 11.8 Å². The summed E-state index contributed by atoms with van der Waals surface area (Å²) in [5.41, 5.74) is 4.30. The summed E-state index contributed by atoms with van der Waals surface area (Å²) in [6.07, 6.45) is 10.8. The first kappa shape index (κ1) is 18.6. The molecule has 0 radical (unpaired) electrons. The second-order valence-corrected chi connectivity index (χ2v) is 10.7. The summed E-state index contributed by atoms with van der Waals surface area (Å²) in [5.74, 6) is 2.95. The molecule has 0 atom stereocenters. The minimum Gasteiger partial charge on any atom is -0.256 e. The molecule has 1 nitrogen and oxygen atoms in total. The molecule has 0 aromatic heterocycles. The van der Waals surface area contributed by atoms with Crippen LogP contribution in [0.4, 0.5) is 5.69 Å². The van der Waals surface area contributed by atoms with Gasteiger partial charge in [-0.05, 0) is 107 Å². The Labute approximate surface area is 190 Å². The Morgan fingerprint density at radius 3 is 1.75 bits per heavy atom. The van der Waals surface area contributed by atoms with Crippen LogP contribution >= 0.6 is 0 Å². The Hall–Kier alpha value is -2.93. The number of hydrogen-bond acceptors (Lipinski definition) is 1. The summed E-state index contributed by atoms with van der Waals surface area (Å²) in [5, 5.41) is 5.06. The Morgan fingerprint density at radius 1 is 0.656 bits per heavy atom. The van der Waals surface area contributed by atoms with Crippen molar-refractivity contribution in [3.8, 4) is 0 Å². The molecule has 4 saturated carbocycles. The van der Waals surface area contributed by atoms with E-state index in [-0.39, 0.29) is 0 Å². The molecule has 4 aliphatic rings. The molecule has 0 saturated heterocycles. The third-order valence-electron chi connectivity index (χ3n) is 8.67. The van der Waals surface area contributed by atoms with Crippen molar-refractivity contribution < 1.29 is 0 Å². The summed E-state index contributed by atoms with van der Waals surface area (Å²) in [6, 6.07) is 28.8. The molecule has 4 aromatic carbocycles. The zero-order valence-electron chi connectivity index (χ0n) is 18.5. The van der Waals surface area contributed by atoms with E-state index in [1.165, 1.54) is 65.6 Å². The molecule has 0 amide bonds. The second kappa shape index (κ2) is 7.04. The lowest BCUT2D eigenvalue weighted by Gasteiger charge is -2.57. The molecule has 0 N–H and O–H groups in total. The van der Waals surface area contributed by atoms with E-state index in [1.807, 2.05) is 0 Å². The molecule has 8 rings (SSSR count). The number of fused-ring (bicyclic) bond motifs is 2. The standard InChI is InChI=1S/C31H29N/c1-3-7-28-24(5-1)16-25-6-2-4-8-29(25)30(28)20-32-27-11-9-26(10-12-27)31-17-21-13-22(18-31)15-23(14-21)19-31/h1-12,16,20-23H,13-15,17-19H2. The van der Waals surface area contributed by atoms with Gasteiger partial charge in [-0.2, -0.15) is 0 Å². The van der Waals surface area contributed by atoms with E-state index in [1.54, 1.807) is 5.56 Å². The van der Waals surface area contributed by atoms with E-state index in [9.17, 15) is 0 Å². The molecule has 4 bridgehead atoms. The zero-order valence-corrected chi connectivity index (χ0v) is 18.5. The fourth-order valence-electron chi connectivity index (χ4n) is 7.69. The fraction of sp³-hybridized carbons (Fsp3) is 0.323. The van der Waals surface area contributed by atoms with Gasteiger partial charge in [0.2, 0.25) is 0 Å². The van der Waals surface area contributed by atoms with Gasteiger partial charge >= 0.3 is 0 Å². The van der Waals surface area contributed by atoms with E-state index in [4.69, 9.17) is 4.99 Å². The molecule has 0 aliphatic heterocycles. The lowest BCUT2D eigenvalue weighted by Crippen LogP contribution is -2.48. The van der Waals surface area contributed by atoms with Crippen LogP contribution in [0.5, 0.6) is 0 Å². The van der Waals surface area contributed by atoms with Gasteiger partial charge in [0.15, 0.2) is 0 Å². The molecule has 0 unspecified atom stereocenters. The largest absolute Gasteiger partial charge is 0.256 e. The van der Waals surface area contributed by atoms with Crippen molar-refractivity contribution >= 4 is 33.4 Å². The molecule has 158 valence electrons. The van der Waals surface area contributed by atoms with Gasteiger partial charge < -0.3 is 0 Å². The van der Waals surface area contributed by atoms with Gasteiger partial charge in [-0.25, -0.2) is 0 Å². The van der Waals surface area contributed by atoms with Gasteiger partial charge in [-0.15, -0.1) is 0 Å². The van der Waals surface area contributed by atoms with Crippen molar-refractivity contribution in [2.75, 3.05) is 0 Å². The third-order valence-corrected chi connectivity index (χ3v) is 8.67. The van der Waals surface area contributed by atoms with Gasteiger partial charge in [-0.1, -0.05) is 60.7 Å². The van der Waals surface area contributed by atoms with Crippen LogP contribution < -0.4 is 0 Å². The fourth-order valence-corrected chi connectivity index (χ4v) is 7.69. The summed E-state index contributed by atoms with van der Waals surface area (Å²) >= 11 is 0. The van der Waals surface area contributed by atoms with Crippen molar-refractivity contribution in [2.24, 2.45) is 22.7 Å². The number of hydrogen-bond donors (Lipinski definition) is 0. The Balaban J connectivity index is 1.24. The lowest BCUT2D eigenvalue weighted by molar-refractivity contribution is -0.00518. The predicted molar refractivity (Wildman–Crippen MR) is 135 cm³/mol. The van der Waals surface area contributed by atoms with E-state index in [2.05, 4.69) is 85.1 Å². The minimum absolute atomic E-state index is 0.461. The van der Waals surface area contributed by atoms with E-state index < -0.39 is 0 Å². The van der Waals surface area contributed by atoms with Gasteiger partial charge in [-0.3, -0.25) is 4.99 Å². The van der Waals surface area contributed by atoms with Crippen molar-refractivity contribution in [3.63, 3.8) is 0 Å². The second-order valence-electron chi connectivity index (χ2n) is 10.7. The molecule has 4 fully saturated rings. The molecular weight excluding hydrogens is 386 g/mol. The lowest BCUT2D eigenvalue weighted by atomic mass is 9.48. The van der Waals surface area contributed by atoms with Crippen LogP contribution in [0.2, 0.25) is 0 Å². The molecule has 0 spiro atoms. The maximum Gasteiger partial charge on any atom is 0.0630 e. The molecule has 32 heavy (non-hydrogen) atoms. The Bertz CT molecular complexity index is 1250. The molecule has 1 heteroatoms. The maximum absolute atomic E-state index is 4.94.